The van der Waals surface area contributed by atoms with Crippen molar-refractivity contribution < 1.29 is 33.0 Å². The Hall–Kier alpha value is -2.16. The number of carbonyl (C=O) groups is 2. The van der Waals surface area contributed by atoms with Crippen molar-refractivity contribution in [1.29, 1.82) is 0 Å². The van der Waals surface area contributed by atoms with Crippen LogP contribution in [0.1, 0.15) is 38.9 Å². The van der Waals surface area contributed by atoms with E-state index < -0.39 is 47.2 Å². The van der Waals surface area contributed by atoms with Crippen LogP contribution in [0, 0.1) is 34.5 Å². The lowest BCUT2D eigenvalue weighted by Crippen LogP contribution is -2.68. The minimum atomic E-state index is -2.18. The van der Waals surface area contributed by atoms with Gasteiger partial charge in [-0.25, -0.2) is 8.78 Å². The molecule has 36 heavy (non-hydrogen) atoms. The largest absolute Gasteiger partial charge is 0.468 e. The molecule has 196 valence electrons. The molecule has 2 unspecified atom stereocenters. The summed E-state index contributed by atoms with van der Waals surface area (Å²) in [6, 6.07) is 3.68. The smallest absolute Gasteiger partial charge is 0.178 e. The predicted molar refractivity (Wildman–Crippen MR) is 128 cm³/mol. The number of allylic oxidation sites excluding steroid dienone is 4. The van der Waals surface area contributed by atoms with E-state index in [1.165, 1.54) is 18.2 Å². The van der Waals surface area contributed by atoms with Crippen LogP contribution in [-0.2, 0) is 16.1 Å². The Balaban J connectivity index is 1.51. The topological polar surface area (TPSA) is 91.0 Å². The van der Waals surface area contributed by atoms with Crippen molar-refractivity contribution in [2.75, 3.05) is 20.2 Å². The lowest BCUT2D eigenvalue weighted by atomic mass is 9.45. The van der Waals surface area contributed by atoms with Crippen molar-refractivity contribution in [3.63, 3.8) is 0 Å². The van der Waals surface area contributed by atoms with Crippen LogP contribution in [0.25, 0.3) is 0 Å². The molecule has 9 atom stereocenters. The first kappa shape index (κ1) is 25.5. The number of hydrogen-bond acceptors (Lipinski definition) is 6. The minimum Gasteiger partial charge on any atom is -0.468 e. The van der Waals surface area contributed by atoms with E-state index in [2.05, 4.69) is 0 Å². The number of alkyl halides is 2. The third kappa shape index (κ3) is 3.51. The summed E-state index contributed by atoms with van der Waals surface area (Å²) in [5, 5.41) is 21.3. The van der Waals surface area contributed by atoms with E-state index in [1.807, 2.05) is 31.0 Å². The molecule has 8 heteroatoms. The number of aliphatic hydroxyl groups excluding tert-OH is 2. The van der Waals surface area contributed by atoms with Crippen molar-refractivity contribution in [3.05, 3.63) is 48.0 Å². The average Bonchev–Trinajstić information content (AvgIpc) is 3.42. The van der Waals surface area contributed by atoms with E-state index in [0.717, 1.165) is 5.76 Å². The number of nitrogens with zero attached hydrogens (tertiary/aromatic N) is 1. The van der Waals surface area contributed by atoms with Crippen molar-refractivity contribution >= 4 is 11.6 Å². The van der Waals surface area contributed by atoms with Crippen LogP contribution in [0.3, 0.4) is 0 Å². The lowest BCUT2D eigenvalue weighted by Gasteiger charge is -2.62. The number of fused-ring (bicyclic) bond motifs is 5. The van der Waals surface area contributed by atoms with Crippen molar-refractivity contribution in [1.82, 2.24) is 4.90 Å². The molecule has 0 radical (unpaired) electrons. The van der Waals surface area contributed by atoms with Gasteiger partial charge in [-0.2, -0.15) is 0 Å². The second kappa shape index (κ2) is 8.71. The predicted octanol–water partition coefficient (Wildman–Crippen LogP) is 3.43. The van der Waals surface area contributed by atoms with Crippen molar-refractivity contribution in [2.45, 2.75) is 57.6 Å². The maximum Gasteiger partial charge on any atom is 0.178 e. The molecule has 0 spiro atoms. The quantitative estimate of drug-likeness (QED) is 0.618. The summed E-state index contributed by atoms with van der Waals surface area (Å²) in [6.45, 7) is 3.88. The Morgan fingerprint density at radius 3 is 2.69 bits per heavy atom. The van der Waals surface area contributed by atoms with Crippen LogP contribution in [0.4, 0.5) is 8.78 Å². The average molecular weight is 504 g/mol. The summed E-state index contributed by atoms with van der Waals surface area (Å²) in [4.78, 5) is 27.2. The number of Topliss-reactive ketones (excluding diaryl/α,β-unsaturated/α-hetero) is 1. The molecule has 2 N–H and O–H groups in total. The molecule has 1 aromatic heterocycles. The van der Waals surface area contributed by atoms with Gasteiger partial charge in [0.15, 0.2) is 17.2 Å². The minimum absolute atomic E-state index is 0.0288. The van der Waals surface area contributed by atoms with Gasteiger partial charge in [0.05, 0.1) is 18.9 Å². The third-order valence-corrected chi connectivity index (χ3v) is 9.86. The van der Waals surface area contributed by atoms with Crippen LogP contribution >= 0.6 is 0 Å². The molecule has 0 aromatic carbocycles. The summed E-state index contributed by atoms with van der Waals surface area (Å²) >= 11 is 0. The molecule has 5 rings (SSSR count). The van der Waals surface area contributed by atoms with Gasteiger partial charge in [0.2, 0.25) is 0 Å². The van der Waals surface area contributed by atoms with E-state index >= 15 is 8.78 Å². The Morgan fingerprint density at radius 2 is 2.03 bits per heavy atom. The monoisotopic (exact) mass is 503 g/mol. The van der Waals surface area contributed by atoms with Gasteiger partial charge >= 0.3 is 0 Å². The molecular weight excluding hydrogens is 468 g/mol. The fourth-order valence-corrected chi connectivity index (χ4v) is 8.43. The zero-order valence-corrected chi connectivity index (χ0v) is 21.0. The summed E-state index contributed by atoms with van der Waals surface area (Å²) in [7, 11) is 1.92. The summed E-state index contributed by atoms with van der Waals surface area (Å²) in [5.74, 6) is -1.90. The van der Waals surface area contributed by atoms with Gasteiger partial charge in [-0.1, -0.05) is 13.0 Å². The van der Waals surface area contributed by atoms with Gasteiger partial charge in [-0.3, -0.25) is 14.5 Å². The summed E-state index contributed by atoms with van der Waals surface area (Å²) < 4.78 is 38.4. The molecule has 3 fully saturated rings. The van der Waals surface area contributed by atoms with E-state index in [1.54, 1.807) is 13.2 Å². The fraction of sp³-hybridized carbons (Fsp3) is 0.643. The van der Waals surface area contributed by atoms with Crippen molar-refractivity contribution in [3.8, 4) is 0 Å². The molecule has 4 aliphatic carbocycles. The second-order valence-corrected chi connectivity index (χ2v) is 11.8. The first-order chi connectivity index (χ1) is 17.0. The Labute approximate surface area is 210 Å². The Bertz CT molecular complexity index is 1100. The highest BCUT2D eigenvalue weighted by Gasteiger charge is 2.73. The van der Waals surface area contributed by atoms with Gasteiger partial charge in [0.1, 0.15) is 18.5 Å². The number of aliphatic hydroxyl groups is 2. The molecule has 0 saturated heterocycles. The molecule has 1 aromatic rings. The molecule has 6 nitrogen and oxygen atoms in total. The highest BCUT2D eigenvalue weighted by Crippen LogP contribution is 2.70. The van der Waals surface area contributed by atoms with Crippen LogP contribution in [0.5, 0.6) is 0 Å². The van der Waals surface area contributed by atoms with Gasteiger partial charge in [0.25, 0.3) is 0 Å². The molecule has 4 aliphatic rings. The van der Waals surface area contributed by atoms with E-state index in [-0.39, 0.29) is 41.8 Å². The lowest BCUT2D eigenvalue weighted by molar-refractivity contribution is -0.202. The number of halogens is 2. The molecule has 1 heterocycles. The number of ketones is 2. The molecule has 0 bridgehead atoms. The SMILES string of the molecule is CN(Cc1ccco1)C[C@@H]1CC2[C@@H]3C[C@H](F)C4=CC(=O)C=C[C@]4(C)[C@@]3(F)[C@@H](O)C[C@]2(C)C1C(=O)CO. The molecule has 0 amide bonds. The Morgan fingerprint density at radius 1 is 1.28 bits per heavy atom. The highest BCUT2D eigenvalue weighted by atomic mass is 19.1. The second-order valence-electron chi connectivity index (χ2n) is 11.8. The van der Waals surface area contributed by atoms with Crippen LogP contribution in [0.15, 0.2) is 46.6 Å². The zero-order chi connectivity index (χ0) is 26.0. The number of rotatable bonds is 6. The number of carbonyl (C=O) groups excluding carboxylic acids is 2. The zero-order valence-electron chi connectivity index (χ0n) is 21.0. The molecular formula is C28H35F2NO5. The van der Waals surface area contributed by atoms with Crippen LogP contribution < -0.4 is 0 Å². The van der Waals surface area contributed by atoms with Gasteiger partial charge in [0, 0.05) is 23.8 Å². The third-order valence-electron chi connectivity index (χ3n) is 9.86. The summed E-state index contributed by atoms with van der Waals surface area (Å²) in [5.41, 5.74) is -4.33. The van der Waals surface area contributed by atoms with Gasteiger partial charge in [-0.15, -0.1) is 0 Å². The molecule has 3 saturated carbocycles. The maximum atomic E-state index is 17.3. The Kier molecular flexibility index (Phi) is 6.16. The first-order valence-corrected chi connectivity index (χ1v) is 12.8. The van der Waals surface area contributed by atoms with E-state index in [0.29, 0.717) is 19.5 Å². The first-order valence-electron chi connectivity index (χ1n) is 12.8. The van der Waals surface area contributed by atoms with Gasteiger partial charge in [-0.05, 0) is 80.3 Å². The van der Waals surface area contributed by atoms with Crippen molar-refractivity contribution in [2.24, 2.45) is 34.5 Å². The maximum absolute atomic E-state index is 17.3. The van der Waals surface area contributed by atoms with Crippen LogP contribution in [0.2, 0.25) is 0 Å². The highest BCUT2D eigenvalue weighted by molar-refractivity contribution is 6.01. The van der Waals surface area contributed by atoms with Crippen LogP contribution in [-0.4, -0.2) is 64.8 Å². The van der Waals surface area contributed by atoms with E-state index in [9.17, 15) is 19.8 Å². The summed E-state index contributed by atoms with van der Waals surface area (Å²) in [6.07, 6.45) is 2.88. The fourth-order valence-electron chi connectivity index (χ4n) is 8.43. The van der Waals surface area contributed by atoms with Gasteiger partial charge < -0.3 is 14.6 Å². The standard InChI is InChI=1S/C28H35F2NO5/c1-26-12-24(35)28(30)20(11-22(29)21-10-17(33)6-7-27(21,28)2)19(26)9-16(25(26)23(34)15-32)13-31(3)14-18-5-4-8-36-18/h4-8,10,16,19-20,22,24-25,32,35H,9,11-15H2,1-3H3/t16-,19?,20-,22-,24-,25?,26-,27-,28-/m0/s1. The molecule has 0 aliphatic heterocycles. The number of hydrogen-bond donors (Lipinski definition) is 2. The normalized spacial score (nSPS) is 43.7. The number of furan rings is 1. The van der Waals surface area contributed by atoms with E-state index in [4.69, 9.17) is 4.42 Å².